The summed E-state index contributed by atoms with van der Waals surface area (Å²) in [6, 6.07) is 0. The van der Waals surface area contributed by atoms with Gasteiger partial charge in [-0.25, -0.2) is 13.4 Å². The molecule has 0 bridgehead atoms. The smallest absolute Gasteiger partial charge is 0.478 e. The number of hydrogen-bond donors (Lipinski definition) is 5. The number of ether oxygens (including phenoxy) is 3. The molecule has 0 amide bonds. The van der Waals surface area contributed by atoms with Crippen LogP contribution in [0.5, 0.6) is 0 Å². The van der Waals surface area contributed by atoms with E-state index in [1.807, 2.05) is 0 Å². The van der Waals surface area contributed by atoms with Crippen LogP contribution >= 0.6 is 15.6 Å². The molecule has 19 heteroatoms. The van der Waals surface area contributed by atoms with Crippen molar-refractivity contribution in [3.05, 3.63) is 16.7 Å². The molecule has 2 aromatic rings. The van der Waals surface area contributed by atoms with Crippen LogP contribution in [0, 0.1) is 0 Å². The van der Waals surface area contributed by atoms with E-state index in [9.17, 15) is 28.8 Å². The summed E-state index contributed by atoms with van der Waals surface area (Å²) >= 11 is 0. The fraction of sp³-hybridized carbons (Fsp3) is 0.643. The van der Waals surface area contributed by atoms with Gasteiger partial charge in [0.05, 0.1) is 26.9 Å². The summed E-state index contributed by atoms with van der Waals surface area (Å²) in [5.74, 6) is -0.183. The number of aromatic nitrogens is 4. The second kappa shape index (κ2) is 9.85. The lowest BCUT2D eigenvalue weighted by atomic mass is 10.1. The Labute approximate surface area is 185 Å². The van der Waals surface area contributed by atoms with Gasteiger partial charge in [-0.05, 0) is 0 Å². The standard InChI is InChI=1S/C14H23N5O12P2/c1-18-6-19(11-8(18)12(21)17-14(15)16-11)13-9(20)10(28-4-3-27-2)7(30-13)5-29-33(25,26)31-32(22,23)24/h6-7,9-10,13,20H,3-5H2,1-2H3,(H5-,15,16,17,21,22,23,24,25,26)/t7-,9?,10+,13-/m1/s1. The molecule has 1 fully saturated rings. The molecule has 17 nitrogen and oxygen atoms in total. The Balaban J connectivity index is 1.89. The molecule has 6 N–H and O–H groups in total. The Kier molecular flexibility index (Phi) is 7.72. The number of aliphatic hydroxyl groups excluding tert-OH is 1. The number of aryl methyl sites for hydroxylation is 1. The van der Waals surface area contributed by atoms with Gasteiger partial charge in [0.2, 0.25) is 11.7 Å². The summed E-state index contributed by atoms with van der Waals surface area (Å²) < 4.78 is 49.7. The van der Waals surface area contributed by atoms with Crippen LogP contribution in [0.15, 0.2) is 11.1 Å². The minimum Gasteiger partial charge on any atom is -0.756 e. The van der Waals surface area contributed by atoms with Gasteiger partial charge in [0.15, 0.2) is 6.33 Å². The normalized spacial score (nSPS) is 27.0. The Bertz CT molecular complexity index is 1150. The maximum atomic E-state index is 12.2. The van der Waals surface area contributed by atoms with E-state index in [1.54, 1.807) is 7.05 Å². The molecule has 0 saturated carbocycles. The van der Waals surface area contributed by atoms with E-state index in [1.165, 1.54) is 22.6 Å². The fourth-order valence-corrected chi connectivity index (χ4v) is 4.90. The quantitative estimate of drug-likeness (QED) is 0.120. The van der Waals surface area contributed by atoms with Gasteiger partial charge >= 0.3 is 13.5 Å². The van der Waals surface area contributed by atoms with Gasteiger partial charge in [-0.3, -0.25) is 23.4 Å². The second-order valence-corrected chi connectivity index (χ2v) is 9.74. The van der Waals surface area contributed by atoms with Crippen LogP contribution in [0.1, 0.15) is 6.23 Å². The van der Waals surface area contributed by atoms with Crippen molar-refractivity contribution >= 4 is 32.8 Å². The molecule has 0 spiro atoms. The summed E-state index contributed by atoms with van der Waals surface area (Å²) in [7, 11) is -7.84. The molecule has 0 aliphatic carbocycles. The number of imidazole rings is 1. The molecular weight excluding hydrogens is 492 g/mol. The molecule has 1 saturated heterocycles. The monoisotopic (exact) mass is 515 g/mol. The predicted molar refractivity (Wildman–Crippen MR) is 104 cm³/mol. The summed E-state index contributed by atoms with van der Waals surface area (Å²) in [5.41, 5.74) is 5.28. The second-order valence-electron chi connectivity index (χ2n) is 6.96. The summed E-state index contributed by atoms with van der Waals surface area (Å²) in [6.45, 7) is -0.641. The Hall–Kier alpha value is -1.75. The molecule has 186 valence electrons. The van der Waals surface area contributed by atoms with Gasteiger partial charge in [0.25, 0.3) is 19.3 Å². The van der Waals surface area contributed by atoms with Crippen LogP contribution in [0.2, 0.25) is 0 Å². The van der Waals surface area contributed by atoms with Crippen LogP contribution < -0.4 is 20.8 Å². The summed E-state index contributed by atoms with van der Waals surface area (Å²) in [6.07, 6.45) is -3.59. The SMILES string of the molecule is COCCO[C@@H]1C(O)[C@H]([n+]2cn(C)c3c(=O)[nH]c(N)nc32)O[C@@H]1COP(=O)(O)OP(=O)([O-])O. The zero-order valence-electron chi connectivity index (χ0n) is 17.3. The highest BCUT2D eigenvalue weighted by Gasteiger charge is 2.49. The highest BCUT2D eigenvalue weighted by molar-refractivity contribution is 7.60. The zero-order valence-corrected chi connectivity index (χ0v) is 19.1. The van der Waals surface area contributed by atoms with Gasteiger partial charge in [-0.2, -0.15) is 0 Å². The summed E-state index contributed by atoms with van der Waals surface area (Å²) in [4.78, 5) is 47.5. The molecular formula is C14H23N5O12P2. The molecule has 6 atom stereocenters. The number of fused-ring (bicyclic) bond motifs is 1. The topological polar surface area (TPSA) is 245 Å². The Morgan fingerprint density at radius 3 is 2.73 bits per heavy atom. The van der Waals surface area contributed by atoms with Crippen LogP contribution in [0.4, 0.5) is 5.95 Å². The van der Waals surface area contributed by atoms with Crippen molar-refractivity contribution in [1.82, 2.24) is 14.5 Å². The molecule has 0 radical (unpaired) electrons. The molecule has 3 unspecified atom stereocenters. The molecule has 3 rings (SSSR count). The number of rotatable bonds is 10. The highest BCUT2D eigenvalue weighted by atomic mass is 31.3. The molecule has 0 aromatic carbocycles. The number of nitrogens with two attached hydrogens (primary N) is 1. The number of H-pyrrole nitrogens is 1. The van der Waals surface area contributed by atoms with Gasteiger partial charge < -0.3 is 39.7 Å². The van der Waals surface area contributed by atoms with Crippen molar-refractivity contribution in [2.24, 2.45) is 7.05 Å². The van der Waals surface area contributed by atoms with Gasteiger partial charge in [-0.1, -0.05) is 4.98 Å². The number of hydrogen-bond acceptors (Lipinski definition) is 12. The lowest BCUT2D eigenvalue weighted by Crippen LogP contribution is -2.46. The summed E-state index contributed by atoms with van der Waals surface area (Å²) in [5, 5.41) is 10.9. The molecule has 1 aliphatic heterocycles. The molecule has 3 heterocycles. The first-order chi connectivity index (χ1) is 15.3. The van der Waals surface area contributed by atoms with Gasteiger partial charge in [-0.15, -0.1) is 0 Å². The third-order valence-corrected chi connectivity index (χ3v) is 6.71. The average Bonchev–Trinajstić information content (AvgIpc) is 3.15. The molecule has 1 aliphatic rings. The predicted octanol–water partition coefficient (Wildman–Crippen LogP) is -2.98. The lowest BCUT2D eigenvalue weighted by Gasteiger charge is -2.23. The van der Waals surface area contributed by atoms with E-state index in [0.717, 1.165) is 0 Å². The minimum atomic E-state index is -5.58. The van der Waals surface area contributed by atoms with Crippen molar-refractivity contribution in [1.29, 1.82) is 0 Å². The van der Waals surface area contributed by atoms with Gasteiger partial charge in [0, 0.05) is 7.11 Å². The fourth-order valence-electron chi connectivity index (χ4n) is 3.33. The van der Waals surface area contributed by atoms with Crippen molar-refractivity contribution in [3.63, 3.8) is 0 Å². The van der Waals surface area contributed by atoms with E-state index in [4.69, 9.17) is 24.8 Å². The van der Waals surface area contributed by atoms with Gasteiger partial charge in [0.1, 0.15) is 18.3 Å². The van der Waals surface area contributed by atoms with Crippen LogP contribution in [-0.4, -0.2) is 74.7 Å². The number of nitrogens with zero attached hydrogens (tertiary/aromatic N) is 3. The van der Waals surface area contributed by atoms with E-state index < -0.39 is 52.4 Å². The van der Waals surface area contributed by atoms with Crippen LogP contribution in [-0.2, 0) is 39.2 Å². The average molecular weight is 515 g/mol. The highest BCUT2D eigenvalue weighted by Crippen LogP contribution is 2.55. The van der Waals surface area contributed by atoms with Crippen LogP contribution in [0.25, 0.3) is 11.2 Å². The number of nitrogen functional groups attached to an aromatic ring is 1. The van der Waals surface area contributed by atoms with E-state index >= 15 is 0 Å². The number of nitrogens with one attached hydrogen (secondary N) is 1. The van der Waals surface area contributed by atoms with Crippen LogP contribution in [0.3, 0.4) is 0 Å². The van der Waals surface area contributed by atoms with Crippen molar-refractivity contribution in [3.8, 4) is 0 Å². The van der Waals surface area contributed by atoms with E-state index in [0.29, 0.717) is 0 Å². The first kappa shape index (κ1) is 25.9. The van der Waals surface area contributed by atoms with Crippen molar-refractivity contribution in [2.45, 2.75) is 24.5 Å². The Morgan fingerprint density at radius 1 is 1.39 bits per heavy atom. The maximum absolute atomic E-state index is 12.2. The first-order valence-corrected chi connectivity index (χ1v) is 12.2. The minimum absolute atomic E-state index is 0.00440. The first-order valence-electron chi connectivity index (χ1n) is 9.25. The third kappa shape index (κ3) is 6.03. The molecule has 2 aromatic heterocycles. The van der Waals surface area contributed by atoms with E-state index in [2.05, 4.69) is 18.8 Å². The number of aliphatic hydroxyl groups is 1. The number of phosphoric acid groups is 2. The number of anilines is 1. The maximum Gasteiger partial charge on any atom is 0.478 e. The lowest BCUT2D eigenvalue weighted by molar-refractivity contribution is -0.745. The largest absolute Gasteiger partial charge is 0.756 e. The number of phosphoric ester groups is 1. The zero-order chi connectivity index (χ0) is 24.6. The Morgan fingerprint density at radius 2 is 2.09 bits per heavy atom. The molecule has 33 heavy (non-hydrogen) atoms. The van der Waals surface area contributed by atoms with Crippen molar-refractivity contribution < 1.29 is 56.5 Å². The third-order valence-electron chi connectivity index (χ3n) is 4.58. The number of aromatic amines is 1. The number of methoxy groups -OCH3 is 1. The van der Waals surface area contributed by atoms with E-state index in [-0.39, 0.29) is 30.3 Å². The van der Waals surface area contributed by atoms with Crippen molar-refractivity contribution in [2.75, 3.05) is 32.7 Å².